The van der Waals surface area contributed by atoms with Crippen LogP contribution in [-0.4, -0.2) is 24.5 Å². The van der Waals surface area contributed by atoms with E-state index in [9.17, 15) is 4.79 Å². The number of nitrogens with two attached hydrogens (primary N) is 1. The van der Waals surface area contributed by atoms with E-state index in [4.69, 9.17) is 5.73 Å². The van der Waals surface area contributed by atoms with Gasteiger partial charge in [-0.3, -0.25) is 9.78 Å². The molecular weight excluding hydrogens is 238 g/mol. The minimum Gasteiger partial charge on any atom is -0.329 e. The molecule has 2 N–H and O–H groups in total. The summed E-state index contributed by atoms with van der Waals surface area (Å²) in [6, 6.07) is 3.75. The normalized spacial score (nSPS) is 27.0. The third kappa shape index (κ3) is 2.78. The fourth-order valence-electron chi connectivity index (χ4n) is 2.85. The van der Waals surface area contributed by atoms with Gasteiger partial charge in [-0.15, -0.1) is 0 Å². The number of hydrogen-bond donors (Lipinski definition) is 1. The zero-order chi connectivity index (χ0) is 13.9. The van der Waals surface area contributed by atoms with Crippen LogP contribution in [0.1, 0.15) is 32.6 Å². The summed E-state index contributed by atoms with van der Waals surface area (Å²) >= 11 is 0. The average molecular weight is 261 g/mol. The van der Waals surface area contributed by atoms with Crippen LogP contribution in [0.4, 0.5) is 5.69 Å². The Morgan fingerprint density at radius 1 is 1.53 bits per heavy atom. The second-order valence-corrected chi connectivity index (χ2v) is 5.74. The van der Waals surface area contributed by atoms with Gasteiger partial charge in [-0.25, -0.2) is 0 Å². The monoisotopic (exact) mass is 261 g/mol. The average Bonchev–Trinajstić information content (AvgIpc) is 2.48. The predicted octanol–water partition coefficient (Wildman–Crippen LogP) is 2.20. The number of carbonyl (C=O) groups is 1. The molecule has 0 saturated heterocycles. The SMILES string of the molecule is CC1CCC(CN)(C(=O)N(C)c2cccnc2)CC1. The maximum absolute atomic E-state index is 12.8. The largest absolute Gasteiger partial charge is 0.329 e. The molecule has 2 rings (SSSR count). The van der Waals surface area contributed by atoms with Crippen LogP contribution in [0.3, 0.4) is 0 Å². The van der Waals surface area contributed by atoms with E-state index in [1.54, 1.807) is 17.3 Å². The van der Waals surface area contributed by atoms with Crippen molar-refractivity contribution in [2.24, 2.45) is 17.1 Å². The molecule has 1 aromatic heterocycles. The topological polar surface area (TPSA) is 59.2 Å². The summed E-state index contributed by atoms with van der Waals surface area (Å²) in [4.78, 5) is 18.5. The van der Waals surface area contributed by atoms with E-state index in [0.717, 1.165) is 31.4 Å². The lowest BCUT2D eigenvalue weighted by atomic mass is 9.70. The molecule has 1 aromatic rings. The fourth-order valence-corrected chi connectivity index (χ4v) is 2.85. The first-order chi connectivity index (χ1) is 9.09. The molecule has 1 aliphatic carbocycles. The molecule has 0 spiro atoms. The molecule has 1 heterocycles. The fraction of sp³-hybridized carbons (Fsp3) is 0.600. The first kappa shape index (κ1) is 14.0. The molecule has 0 bridgehead atoms. The molecule has 1 saturated carbocycles. The number of hydrogen-bond acceptors (Lipinski definition) is 3. The Hall–Kier alpha value is -1.42. The number of pyridine rings is 1. The van der Waals surface area contributed by atoms with Gasteiger partial charge in [0.2, 0.25) is 5.91 Å². The zero-order valence-electron chi connectivity index (χ0n) is 11.8. The highest BCUT2D eigenvalue weighted by Crippen LogP contribution is 2.40. The van der Waals surface area contributed by atoms with Crippen LogP contribution >= 0.6 is 0 Å². The quantitative estimate of drug-likeness (QED) is 0.907. The zero-order valence-corrected chi connectivity index (χ0v) is 11.8. The molecule has 104 valence electrons. The van der Waals surface area contributed by atoms with E-state index < -0.39 is 0 Å². The van der Waals surface area contributed by atoms with Crippen LogP contribution in [0, 0.1) is 11.3 Å². The van der Waals surface area contributed by atoms with Crippen molar-refractivity contribution < 1.29 is 4.79 Å². The summed E-state index contributed by atoms with van der Waals surface area (Å²) in [5.74, 6) is 0.839. The smallest absolute Gasteiger partial charge is 0.234 e. The van der Waals surface area contributed by atoms with Crippen molar-refractivity contribution in [2.45, 2.75) is 32.6 Å². The van der Waals surface area contributed by atoms with E-state index >= 15 is 0 Å². The Morgan fingerprint density at radius 2 is 2.21 bits per heavy atom. The van der Waals surface area contributed by atoms with Gasteiger partial charge in [0, 0.05) is 19.8 Å². The van der Waals surface area contributed by atoms with Gasteiger partial charge in [0.15, 0.2) is 0 Å². The van der Waals surface area contributed by atoms with Crippen molar-refractivity contribution >= 4 is 11.6 Å². The molecule has 0 aromatic carbocycles. The van der Waals surface area contributed by atoms with Gasteiger partial charge in [0.25, 0.3) is 0 Å². The Kier molecular flexibility index (Phi) is 4.20. The number of aromatic nitrogens is 1. The van der Waals surface area contributed by atoms with E-state index in [1.807, 2.05) is 19.2 Å². The highest BCUT2D eigenvalue weighted by atomic mass is 16.2. The lowest BCUT2D eigenvalue weighted by molar-refractivity contribution is -0.129. The highest BCUT2D eigenvalue weighted by Gasteiger charge is 2.41. The van der Waals surface area contributed by atoms with E-state index in [1.165, 1.54) is 0 Å². The molecule has 0 radical (unpaired) electrons. The maximum atomic E-state index is 12.8. The maximum Gasteiger partial charge on any atom is 0.234 e. The van der Waals surface area contributed by atoms with Crippen LogP contribution in [0.15, 0.2) is 24.5 Å². The molecule has 4 nitrogen and oxygen atoms in total. The Morgan fingerprint density at radius 3 is 2.74 bits per heavy atom. The summed E-state index contributed by atoms with van der Waals surface area (Å²) in [6.45, 7) is 2.68. The van der Waals surface area contributed by atoms with Crippen molar-refractivity contribution in [1.29, 1.82) is 0 Å². The Labute approximate surface area is 115 Å². The van der Waals surface area contributed by atoms with E-state index in [0.29, 0.717) is 12.5 Å². The molecule has 4 heteroatoms. The van der Waals surface area contributed by atoms with Gasteiger partial charge in [0.05, 0.1) is 17.3 Å². The van der Waals surface area contributed by atoms with E-state index in [-0.39, 0.29) is 11.3 Å². The summed E-state index contributed by atoms with van der Waals surface area (Å²) < 4.78 is 0. The van der Waals surface area contributed by atoms with Crippen LogP contribution in [0.2, 0.25) is 0 Å². The van der Waals surface area contributed by atoms with Gasteiger partial charge in [-0.2, -0.15) is 0 Å². The number of amides is 1. The minimum atomic E-state index is -0.378. The van der Waals surface area contributed by atoms with Crippen LogP contribution < -0.4 is 10.6 Å². The minimum absolute atomic E-state index is 0.134. The second-order valence-electron chi connectivity index (χ2n) is 5.74. The van der Waals surface area contributed by atoms with Crippen molar-refractivity contribution in [3.63, 3.8) is 0 Å². The second kappa shape index (κ2) is 5.70. The molecule has 1 fully saturated rings. The Bertz CT molecular complexity index is 424. The third-order valence-corrected chi connectivity index (χ3v) is 4.41. The summed E-state index contributed by atoms with van der Waals surface area (Å²) in [7, 11) is 1.81. The lowest BCUT2D eigenvalue weighted by Crippen LogP contribution is -2.48. The van der Waals surface area contributed by atoms with E-state index in [2.05, 4.69) is 11.9 Å². The molecule has 0 aliphatic heterocycles. The third-order valence-electron chi connectivity index (χ3n) is 4.41. The van der Waals surface area contributed by atoms with Crippen molar-refractivity contribution in [1.82, 2.24) is 4.98 Å². The van der Waals surface area contributed by atoms with Gasteiger partial charge < -0.3 is 10.6 Å². The van der Waals surface area contributed by atoms with Crippen molar-refractivity contribution in [2.75, 3.05) is 18.5 Å². The first-order valence-electron chi connectivity index (χ1n) is 6.97. The van der Waals surface area contributed by atoms with Crippen molar-refractivity contribution in [3.8, 4) is 0 Å². The molecular formula is C15H23N3O. The molecule has 0 unspecified atom stereocenters. The van der Waals surface area contributed by atoms with Gasteiger partial charge in [-0.1, -0.05) is 6.92 Å². The molecule has 1 amide bonds. The molecule has 0 atom stereocenters. The first-order valence-corrected chi connectivity index (χ1v) is 6.97. The molecule has 19 heavy (non-hydrogen) atoms. The van der Waals surface area contributed by atoms with Gasteiger partial charge in [-0.05, 0) is 43.7 Å². The van der Waals surface area contributed by atoms with Crippen LogP contribution in [0.25, 0.3) is 0 Å². The van der Waals surface area contributed by atoms with Crippen molar-refractivity contribution in [3.05, 3.63) is 24.5 Å². The Balaban J connectivity index is 2.17. The molecule has 1 aliphatic rings. The van der Waals surface area contributed by atoms with Crippen LogP contribution in [0.5, 0.6) is 0 Å². The summed E-state index contributed by atoms with van der Waals surface area (Å²) in [5, 5.41) is 0. The summed E-state index contributed by atoms with van der Waals surface area (Å²) in [5.41, 5.74) is 6.39. The van der Waals surface area contributed by atoms with Crippen LogP contribution in [-0.2, 0) is 4.79 Å². The number of rotatable bonds is 3. The number of carbonyl (C=O) groups excluding carboxylic acids is 1. The van der Waals surface area contributed by atoms with Gasteiger partial charge in [0.1, 0.15) is 0 Å². The predicted molar refractivity (Wildman–Crippen MR) is 76.8 cm³/mol. The lowest BCUT2D eigenvalue weighted by Gasteiger charge is -2.39. The summed E-state index contributed by atoms with van der Waals surface area (Å²) in [6.07, 6.45) is 7.40. The van der Waals surface area contributed by atoms with Gasteiger partial charge >= 0.3 is 0 Å². The highest BCUT2D eigenvalue weighted by molar-refractivity contribution is 5.97. The number of nitrogens with zero attached hydrogens (tertiary/aromatic N) is 2. The standard InChI is InChI=1S/C15H23N3O/c1-12-5-7-15(11-16,8-6-12)14(19)18(2)13-4-3-9-17-10-13/h3-4,9-10,12H,5-8,11,16H2,1-2H3. The number of anilines is 1.